The number of rotatable bonds is 4. The minimum absolute atomic E-state index is 0.123. The van der Waals surface area contributed by atoms with Crippen molar-refractivity contribution in [3.63, 3.8) is 0 Å². The lowest BCUT2D eigenvalue weighted by molar-refractivity contribution is -0.119. The number of fused-ring (bicyclic) bond motifs is 1. The first kappa shape index (κ1) is 21.2. The average Bonchev–Trinajstić information content (AvgIpc) is 3.38. The van der Waals surface area contributed by atoms with Gasteiger partial charge in [-0.15, -0.1) is 4.40 Å². The van der Waals surface area contributed by atoms with E-state index < -0.39 is 16.1 Å². The standard InChI is InChI=1S/C24H28N4O3S/c29-24(25-19-9-6-8-18(16-19)17-27-13-4-1-5-14-27)21-11-7-15-28(21)23-20-10-2-3-12-22(20)32(30,31)26-23/h2-3,6,8-10,12,16,21H,1,4-5,7,11,13-15,17H2,(H,25,29)/t21-/m0/s1. The molecule has 2 aromatic carbocycles. The highest BCUT2D eigenvalue weighted by molar-refractivity contribution is 7.90. The Balaban J connectivity index is 1.31. The first-order valence-corrected chi connectivity index (χ1v) is 12.8. The third-order valence-corrected chi connectivity index (χ3v) is 7.81. The number of amides is 1. The summed E-state index contributed by atoms with van der Waals surface area (Å²) in [7, 11) is -3.71. The second-order valence-corrected chi connectivity index (χ2v) is 10.3. The van der Waals surface area contributed by atoms with Crippen LogP contribution in [0.1, 0.15) is 43.2 Å². The number of amidine groups is 1. The largest absolute Gasteiger partial charge is 0.343 e. The van der Waals surface area contributed by atoms with Gasteiger partial charge in [-0.1, -0.05) is 30.7 Å². The number of sulfonamides is 1. The van der Waals surface area contributed by atoms with Gasteiger partial charge in [0.15, 0.2) is 5.84 Å². The summed E-state index contributed by atoms with van der Waals surface area (Å²) < 4.78 is 29.0. The predicted molar refractivity (Wildman–Crippen MR) is 124 cm³/mol. The molecule has 168 valence electrons. The maximum atomic E-state index is 13.2. The normalized spacial score (nSPS) is 22.4. The molecule has 7 nitrogen and oxygen atoms in total. The van der Waals surface area contributed by atoms with Crippen molar-refractivity contribution in [3.8, 4) is 0 Å². The van der Waals surface area contributed by atoms with Crippen molar-refractivity contribution < 1.29 is 13.2 Å². The monoisotopic (exact) mass is 452 g/mol. The molecule has 32 heavy (non-hydrogen) atoms. The highest BCUT2D eigenvalue weighted by atomic mass is 32.2. The molecule has 3 aliphatic rings. The van der Waals surface area contributed by atoms with Crippen molar-refractivity contribution in [3.05, 3.63) is 59.7 Å². The van der Waals surface area contributed by atoms with Gasteiger partial charge in [0.2, 0.25) is 5.91 Å². The number of benzene rings is 2. The smallest absolute Gasteiger partial charge is 0.285 e. The molecule has 8 heteroatoms. The number of nitrogens with zero attached hydrogens (tertiary/aromatic N) is 3. The molecule has 2 fully saturated rings. The summed E-state index contributed by atoms with van der Waals surface area (Å²) >= 11 is 0. The second kappa shape index (κ2) is 8.67. The summed E-state index contributed by atoms with van der Waals surface area (Å²) in [5.41, 5.74) is 2.54. The number of anilines is 1. The fraction of sp³-hybridized carbons (Fsp3) is 0.417. The van der Waals surface area contributed by atoms with Crippen LogP contribution in [0.25, 0.3) is 0 Å². The highest BCUT2D eigenvalue weighted by Gasteiger charge is 2.39. The van der Waals surface area contributed by atoms with Gasteiger partial charge in [-0.25, -0.2) is 0 Å². The third kappa shape index (κ3) is 4.17. The van der Waals surface area contributed by atoms with E-state index in [9.17, 15) is 13.2 Å². The Labute approximate surface area is 189 Å². The average molecular weight is 453 g/mol. The zero-order chi connectivity index (χ0) is 22.1. The van der Waals surface area contributed by atoms with E-state index >= 15 is 0 Å². The molecule has 0 unspecified atom stereocenters. The van der Waals surface area contributed by atoms with Crippen molar-refractivity contribution in [2.45, 2.75) is 49.6 Å². The van der Waals surface area contributed by atoms with Crippen LogP contribution in [0.3, 0.4) is 0 Å². The maximum Gasteiger partial charge on any atom is 0.285 e. The zero-order valence-electron chi connectivity index (χ0n) is 18.0. The molecule has 0 saturated carbocycles. The van der Waals surface area contributed by atoms with E-state index in [1.807, 2.05) is 23.1 Å². The molecule has 1 N–H and O–H groups in total. The molecular formula is C24H28N4O3S. The van der Waals surface area contributed by atoms with E-state index in [0.29, 0.717) is 24.4 Å². The second-order valence-electron chi connectivity index (χ2n) is 8.76. The number of carbonyl (C=O) groups excluding carboxylic acids is 1. The fourth-order valence-electron chi connectivity index (χ4n) is 4.94. The van der Waals surface area contributed by atoms with Crippen LogP contribution in [0, 0.1) is 0 Å². The predicted octanol–water partition coefficient (Wildman–Crippen LogP) is 3.22. The van der Waals surface area contributed by atoms with Crippen molar-refractivity contribution in [1.29, 1.82) is 0 Å². The number of hydrogen-bond acceptors (Lipinski definition) is 5. The Morgan fingerprint density at radius 2 is 1.81 bits per heavy atom. The van der Waals surface area contributed by atoms with Crippen LogP contribution in [0.2, 0.25) is 0 Å². The summed E-state index contributed by atoms with van der Waals surface area (Å²) in [6, 6.07) is 14.4. The lowest BCUT2D eigenvalue weighted by Crippen LogP contribution is -2.43. The minimum Gasteiger partial charge on any atom is -0.343 e. The quantitative estimate of drug-likeness (QED) is 0.770. The summed E-state index contributed by atoms with van der Waals surface area (Å²) in [5.74, 6) is 0.263. The van der Waals surface area contributed by atoms with Crippen LogP contribution in [-0.4, -0.2) is 55.6 Å². The first-order chi connectivity index (χ1) is 15.5. The maximum absolute atomic E-state index is 13.2. The van der Waals surface area contributed by atoms with Gasteiger partial charge in [0, 0.05) is 24.3 Å². The Hall–Kier alpha value is -2.71. The highest BCUT2D eigenvalue weighted by Crippen LogP contribution is 2.31. The van der Waals surface area contributed by atoms with E-state index in [2.05, 4.69) is 20.7 Å². The van der Waals surface area contributed by atoms with Crippen LogP contribution >= 0.6 is 0 Å². The van der Waals surface area contributed by atoms with Gasteiger partial charge in [0.05, 0.1) is 0 Å². The number of nitrogens with one attached hydrogen (secondary N) is 1. The van der Waals surface area contributed by atoms with Gasteiger partial charge < -0.3 is 10.2 Å². The van der Waals surface area contributed by atoms with Crippen LogP contribution < -0.4 is 5.32 Å². The van der Waals surface area contributed by atoms with Crippen molar-refractivity contribution >= 4 is 27.5 Å². The third-order valence-electron chi connectivity index (χ3n) is 6.49. The van der Waals surface area contributed by atoms with Gasteiger partial charge in [0.25, 0.3) is 10.0 Å². The van der Waals surface area contributed by atoms with Crippen molar-refractivity contribution in [1.82, 2.24) is 9.80 Å². The molecule has 2 saturated heterocycles. The molecule has 0 bridgehead atoms. The summed E-state index contributed by atoms with van der Waals surface area (Å²) in [5, 5.41) is 3.06. The first-order valence-electron chi connectivity index (χ1n) is 11.3. The summed E-state index contributed by atoms with van der Waals surface area (Å²) in [6.07, 6.45) is 5.28. The Morgan fingerprint density at radius 3 is 2.66 bits per heavy atom. The molecule has 1 amide bonds. The molecule has 0 spiro atoms. The van der Waals surface area contributed by atoms with Crippen molar-refractivity contribution in [2.24, 2.45) is 4.40 Å². The Morgan fingerprint density at radius 1 is 1.00 bits per heavy atom. The minimum atomic E-state index is -3.71. The Kier molecular flexibility index (Phi) is 5.73. The molecule has 0 aromatic heterocycles. The fourth-order valence-corrected chi connectivity index (χ4v) is 6.15. The molecule has 0 aliphatic carbocycles. The van der Waals surface area contributed by atoms with Gasteiger partial charge in [-0.2, -0.15) is 8.42 Å². The van der Waals surface area contributed by atoms with E-state index in [-0.39, 0.29) is 10.8 Å². The molecule has 5 rings (SSSR count). The van der Waals surface area contributed by atoms with E-state index in [4.69, 9.17) is 0 Å². The van der Waals surface area contributed by atoms with E-state index in [1.54, 1.807) is 24.3 Å². The molecular weight excluding hydrogens is 424 g/mol. The molecule has 0 radical (unpaired) electrons. The number of hydrogen-bond donors (Lipinski definition) is 1. The molecule has 2 aromatic rings. The van der Waals surface area contributed by atoms with E-state index in [0.717, 1.165) is 31.7 Å². The lowest BCUT2D eigenvalue weighted by Gasteiger charge is -2.27. The van der Waals surface area contributed by atoms with Crippen molar-refractivity contribution in [2.75, 3.05) is 25.0 Å². The van der Waals surface area contributed by atoms with Gasteiger partial charge in [0.1, 0.15) is 10.9 Å². The molecule has 3 aliphatic heterocycles. The Bertz CT molecular complexity index is 1160. The summed E-state index contributed by atoms with van der Waals surface area (Å²) in [6.45, 7) is 3.75. The number of piperidine rings is 1. The van der Waals surface area contributed by atoms with Gasteiger partial charge in [-0.3, -0.25) is 9.69 Å². The topological polar surface area (TPSA) is 82.1 Å². The van der Waals surface area contributed by atoms with Crippen LogP contribution in [-0.2, 0) is 21.4 Å². The van der Waals surface area contributed by atoms with Gasteiger partial charge >= 0.3 is 0 Å². The molecule has 3 heterocycles. The molecule has 1 atom stereocenters. The van der Waals surface area contributed by atoms with Crippen LogP contribution in [0.5, 0.6) is 0 Å². The van der Waals surface area contributed by atoms with E-state index in [1.165, 1.54) is 24.8 Å². The SMILES string of the molecule is O=C(Nc1cccc(CN2CCCCC2)c1)[C@@H]1CCCN1C1=NS(=O)(=O)c2ccccc21. The van der Waals surface area contributed by atoms with Gasteiger partial charge in [-0.05, 0) is 68.6 Å². The van der Waals surface area contributed by atoms with Crippen LogP contribution in [0.15, 0.2) is 57.8 Å². The lowest BCUT2D eigenvalue weighted by atomic mass is 10.1. The number of carbonyl (C=O) groups is 1. The van der Waals surface area contributed by atoms with Crippen LogP contribution in [0.4, 0.5) is 5.69 Å². The zero-order valence-corrected chi connectivity index (χ0v) is 18.9. The summed E-state index contributed by atoms with van der Waals surface area (Å²) in [4.78, 5) is 17.7. The number of likely N-dealkylation sites (tertiary alicyclic amines) is 2.